The van der Waals surface area contributed by atoms with Gasteiger partial charge in [0.05, 0.1) is 0 Å². The zero-order valence-electron chi connectivity index (χ0n) is 3.83. The Morgan fingerprint density at radius 2 is 1.60 bits per heavy atom. The molecular formula is C2H7Al2B2O4. The summed E-state index contributed by atoms with van der Waals surface area (Å²) in [5.74, 6) is -3.15. The maximum absolute atomic E-state index is 9.56. The van der Waals surface area contributed by atoms with Gasteiger partial charge in [0, 0.05) is 8.41 Å². The van der Waals surface area contributed by atoms with Gasteiger partial charge in [0.25, 0.3) is 0 Å². The molecule has 0 aliphatic heterocycles. The Kier molecular flexibility index (Phi) is 26.7. The first-order valence-corrected chi connectivity index (χ1v) is 1.32. The van der Waals surface area contributed by atoms with Gasteiger partial charge in [-0.25, -0.2) is 9.59 Å². The highest BCUT2D eigenvalue weighted by atomic mass is 27.0. The first-order chi connectivity index (χ1) is 3.18. The van der Waals surface area contributed by atoms with Gasteiger partial charge in [0.2, 0.25) is 0 Å². The molecule has 0 saturated carbocycles. The molecule has 1 N–H and O–H groups in total. The molecule has 0 aromatic heterocycles. The minimum Gasteiger partial charge on any atom is -0.535 e. The molecule has 0 aromatic rings. The zero-order chi connectivity index (χ0) is 5.86. The van der Waals surface area contributed by atoms with Crippen molar-refractivity contribution in [1.29, 1.82) is 0 Å². The van der Waals surface area contributed by atoms with Crippen molar-refractivity contribution in [1.82, 2.24) is 0 Å². The summed E-state index contributed by atoms with van der Waals surface area (Å²) < 4.78 is 3.27. The van der Waals surface area contributed by atoms with Crippen LogP contribution in [0.15, 0.2) is 0 Å². The van der Waals surface area contributed by atoms with Crippen molar-refractivity contribution in [2.24, 2.45) is 0 Å². The van der Waals surface area contributed by atoms with Gasteiger partial charge in [-0.2, -0.15) is 0 Å². The molecule has 0 spiro atoms. The zero-order valence-corrected chi connectivity index (χ0v) is 3.83. The quantitative estimate of drug-likeness (QED) is 0.297. The highest BCUT2D eigenvalue weighted by Gasteiger charge is 2.07. The molecule has 0 unspecified atom stereocenters. The highest BCUT2D eigenvalue weighted by Crippen LogP contribution is 1.67. The smallest absolute Gasteiger partial charge is 0.413 e. The van der Waals surface area contributed by atoms with E-state index in [-0.39, 0.29) is 43.1 Å². The predicted molar refractivity (Wildman–Crippen MR) is 45.1 cm³/mol. The van der Waals surface area contributed by atoms with Crippen molar-refractivity contribution in [3.05, 3.63) is 0 Å². The number of aliphatic carboxylic acids is 1. The van der Waals surface area contributed by atoms with Crippen molar-refractivity contribution in [3.8, 4) is 0 Å². The van der Waals surface area contributed by atoms with Crippen LogP contribution in [0.2, 0.25) is 0 Å². The molecule has 0 fully saturated rings. The van der Waals surface area contributed by atoms with Crippen LogP contribution in [-0.4, -0.2) is 68.2 Å². The van der Waals surface area contributed by atoms with Crippen molar-refractivity contribution < 1.29 is 19.3 Å². The fourth-order valence-electron chi connectivity index (χ4n) is 0.0504. The molecule has 0 bridgehead atoms. The van der Waals surface area contributed by atoms with Crippen LogP contribution in [0.25, 0.3) is 0 Å². The molecule has 4 nitrogen and oxygen atoms in total. The Balaban J connectivity index is -0.0000000600. The first-order valence-electron chi connectivity index (χ1n) is 1.32. The number of carbonyl (C=O) groups is 2. The molecule has 51 valence electrons. The minimum atomic E-state index is -1.69. The molecule has 0 aliphatic rings. The second kappa shape index (κ2) is 11.9. The van der Waals surface area contributed by atoms with E-state index in [0.717, 1.165) is 0 Å². The topological polar surface area (TPSA) is 63.6 Å². The lowest BCUT2D eigenvalue weighted by Crippen LogP contribution is -2.14. The minimum absolute atomic E-state index is 0. The molecule has 0 heterocycles. The van der Waals surface area contributed by atoms with E-state index >= 15 is 0 Å². The van der Waals surface area contributed by atoms with E-state index in [9.17, 15) is 9.59 Å². The van der Waals surface area contributed by atoms with Crippen molar-refractivity contribution in [3.63, 3.8) is 0 Å². The monoisotopic (exact) mass is 171 g/mol. The van der Waals surface area contributed by atoms with Crippen LogP contribution in [0.3, 0.4) is 0 Å². The summed E-state index contributed by atoms with van der Waals surface area (Å²) in [5, 5.41) is 7.63. The lowest BCUT2D eigenvalue weighted by molar-refractivity contribution is -0.157. The van der Waals surface area contributed by atoms with E-state index in [4.69, 9.17) is 5.11 Å². The van der Waals surface area contributed by atoms with Gasteiger partial charge in [-0.05, 0) is 0 Å². The van der Waals surface area contributed by atoms with E-state index in [1.54, 1.807) is 0 Å². The Labute approximate surface area is 82.6 Å². The maximum Gasteiger partial charge on any atom is 0.413 e. The van der Waals surface area contributed by atoms with Gasteiger partial charge in [0.15, 0.2) is 34.7 Å². The number of carboxylic acids is 1. The molecule has 8 heteroatoms. The van der Waals surface area contributed by atoms with Crippen LogP contribution >= 0.6 is 0 Å². The average molecular weight is 171 g/mol. The lowest BCUT2D eigenvalue weighted by Gasteiger charge is -1.86. The largest absolute Gasteiger partial charge is 0.535 e. The summed E-state index contributed by atoms with van der Waals surface area (Å²) in [6, 6.07) is 0. The van der Waals surface area contributed by atoms with E-state index in [1.807, 2.05) is 0 Å². The number of carbonyl (C=O) groups excluding carboxylic acids is 1. The number of hydrogen-bond acceptors (Lipinski definition) is 3. The molecule has 0 aromatic carbocycles. The van der Waals surface area contributed by atoms with Gasteiger partial charge < -0.3 is 9.76 Å². The predicted octanol–water partition coefficient (Wildman–Crippen LogP) is -4.05. The molecule has 10 heavy (non-hydrogen) atoms. The maximum atomic E-state index is 9.56. The first kappa shape index (κ1) is 22.5. The van der Waals surface area contributed by atoms with E-state index in [0.29, 0.717) is 0 Å². The Morgan fingerprint density at radius 1 is 1.30 bits per heavy atom. The Bertz CT molecular complexity index is 107. The summed E-state index contributed by atoms with van der Waals surface area (Å²) in [6.45, 7) is 0. The molecule has 5 radical (unpaired) electrons. The van der Waals surface area contributed by atoms with Crippen LogP contribution in [-0.2, 0) is 14.2 Å². The summed E-state index contributed by atoms with van der Waals surface area (Å²) in [4.78, 5) is 18.9. The van der Waals surface area contributed by atoms with Gasteiger partial charge in [-0.3, -0.25) is 0 Å². The van der Waals surface area contributed by atoms with Gasteiger partial charge in [0.1, 0.15) is 0 Å². The van der Waals surface area contributed by atoms with Crippen LogP contribution in [0.4, 0.5) is 0 Å². The fraction of sp³-hybridized carbons (Fsp3) is 0. The van der Waals surface area contributed by atoms with Gasteiger partial charge in [-0.15, -0.1) is 0 Å². The molecule has 0 amide bonds. The van der Waals surface area contributed by atoms with Crippen molar-refractivity contribution >= 4 is 63.1 Å². The van der Waals surface area contributed by atoms with E-state index < -0.39 is 11.9 Å². The van der Waals surface area contributed by atoms with Gasteiger partial charge in [-0.1, -0.05) is 0 Å². The van der Waals surface area contributed by atoms with E-state index in [1.165, 1.54) is 0 Å². The standard InChI is InChI=1S/C2HBO4.2Al.B.6H/c3-7-2(6)1(4)5;;;;;;;;;/h(H,4,5);;;;;;;;;. The van der Waals surface area contributed by atoms with E-state index in [2.05, 4.69) is 12.7 Å². The number of carboxylic acid groups (broad SMARTS) is 1. The third-order valence-electron chi connectivity index (χ3n) is 0.282. The summed E-state index contributed by atoms with van der Waals surface area (Å²) >= 11 is 0. The highest BCUT2D eigenvalue weighted by molar-refractivity contribution is 6.32. The second-order valence-corrected chi connectivity index (χ2v) is 0.710. The molecule has 0 rings (SSSR count). The number of rotatable bonds is 0. The SMILES string of the molecule is [AlH3].[AlH3].[B].[B]OC(=O)C(=O)O. The van der Waals surface area contributed by atoms with Crippen molar-refractivity contribution in [2.45, 2.75) is 0 Å². The fourth-order valence-corrected chi connectivity index (χ4v) is 0.0504. The summed E-state index contributed by atoms with van der Waals surface area (Å²) in [7, 11) is 4.14. The molecule has 0 atom stereocenters. The van der Waals surface area contributed by atoms with Gasteiger partial charge >= 0.3 is 20.0 Å². The third-order valence-corrected chi connectivity index (χ3v) is 0.282. The average Bonchev–Trinajstić information content (AvgIpc) is 1.65. The van der Waals surface area contributed by atoms with Crippen LogP contribution in [0.5, 0.6) is 0 Å². The molecular weight excluding hydrogens is 164 g/mol. The van der Waals surface area contributed by atoms with Crippen LogP contribution in [0.1, 0.15) is 0 Å². The lowest BCUT2D eigenvalue weighted by atomic mass is 10.5. The van der Waals surface area contributed by atoms with Crippen molar-refractivity contribution in [2.75, 3.05) is 0 Å². The number of hydrogen-bond donors (Lipinski definition) is 1. The van der Waals surface area contributed by atoms with Crippen LogP contribution in [0, 0.1) is 0 Å². The third kappa shape index (κ3) is 11.0. The Morgan fingerprint density at radius 3 is 1.60 bits per heavy atom. The van der Waals surface area contributed by atoms with Crippen LogP contribution < -0.4 is 0 Å². The summed E-state index contributed by atoms with van der Waals surface area (Å²) in [5.41, 5.74) is 0. The second-order valence-electron chi connectivity index (χ2n) is 0.710. The normalized spacial score (nSPS) is 5.20. The summed E-state index contributed by atoms with van der Waals surface area (Å²) in [6.07, 6.45) is 0. The Hall–Kier alpha value is 0.135. The molecule has 0 aliphatic carbocycles. The molecule has 0 saturated heterocycles.